The topological polar surface area (TPSA) is 176 Å². The fourth-order valence-electron chi connectivity index (χ4n) is 8.45. The Bertz CT molecular complexity index is 1740. The fourth-order valence-corrected chi connectivity index (χ4v) is 8.45. The van der Waals surface area contributed by atoms with Crippen LogP contribution in [0.3, 0.4) is 0 Å². The number of hydrogen-bond acceptors (Lipinski definition) is 9. The summed E-state index contributed by atoms with van der Waals surface area (Å²) in [6, 6.07) is 13.5. The zero-order valence-corrected chi connectivity index (χ0v) is 38.4. The van der Waals surface area contributed by atoms with Crippen LogP contribution in [0.1, 0.15) is 78.4 Å². The lowest BCUT2D eigenvalue weighted by Crippen LogP contribution is -2.59. The van der Waals surface area contributed by atoms with E-state index in [0.29, 0.717) is 37.1 Å². The molecule has 0 unspecified atom stereocenters. The molecule has 61 heavy (non-hydrogen) atoms. The minimum Gasteiger partial charge on any atom is -0.399 e. The molecule has 1 aliphatic rings. The Morgan fingerprint density at radius 3 is 2.02 bits per heavy atom. The van der Waals surface area contributed by atoms with Crippen LogP contribution in [0.15, 0.2) is 66.7 Å². The van der Waals surface area contributed by atoms with Gasteiger partial charge in [0.05, 0.1) is 42.7 Å². The molecule has 1 aliphatic heterocycles. The molecule has 338 valence electrons. The first-order valence-corrected chi connectivity index (χ1v) is 21.6. The highest BCUT2D eigenvalue weighted by Gasteiger charge is 2.43. The van der Waals surface area contributed by atoms with E-state index < -0.39 is 48.3 Å². The normalized spacial score (nSPS) is 17.5. The summed E-state index contributed by atoms with van der Waals surface area (Å²) in [5.41, 5.74) is 8.92. The Morgan fingerprint density at radius 1 is 0.836 bits per heavy atom. The molecule has 2 aromatic carbocycles. The minimum atomic E-state index is -0.871. The molecule has 3 rings (SSSR count). The molecule has 14 nitrogen and oxygen atoms in total. The van der Waals surface area contributed by atoms with Gasteiger partial charge >= 0.3 is 0 Å². The van der Waals surface area contributed by atoms with E-state index in [0.717, 1.165) is 11.1 Å². The molecule has 0 saturated carbocycles. The highest BCUT2D eigenvalue weighted by atomic mass is 16.5. The molecule has 5 amide bonds. The lowest BCUT2D eigenvalue weighted by molar-refractivity contribution is -0.145. The number of hydrogen-bond donors (Lipinski definition) is 4. The van der Waals surface area contributed by atoms with Crippen LogP contribution < -0.4 is 21.7 Å². The van der Waals surface area contributed by atoms with Crippen molar-refractivity contribution in [1.82, 2.24) is 30.7 Å². The number of anilines is 1. The second-order valence-electron chi connectivity index (χ2n) is 17.3. The van der Waals surface area contributed by atoms with Gasteiger partial charge in [0.15, 0.2) is 0 Å². The van der Waals surface area contributed by atoms with Crippen molar-refractivity contribution in [2.75, 3.05) is 47.6 Å². The number of ether oxygens (including phenoxy) is 2. The molecule has 8 atom stereocenters. The SMILES string of the molecule is C=C(CC)[C@@H]([C@@H](CC(=O)N1CCC[C@H]1[C@H](OC)[C@@H](C)C(=O)N[C@@H](Cc1ccccc1)C(=O)NCc1ccc(N)cc1)OC)N(C)C(=O)[C@@H](NC(=O)[C@H](C(C)C)N(C)C)C(C)C. The van der Waals surface area contributed by atoms with Crippen molar-refractivity contribution < 1.29 is 33.4 Å². The third-order valence-electron chi connectivity index (χ3n) is 11.9. The summed E-state index contributed by atoms with van der Waals surface area (Å²) in [5, 5.41) is 8.95. The number of rotatable bonds is 23. The molecule has 14 heteroatoms. The van der Waals surface area contributed by atoms with E-state index in [1.165, 1.54) is 14.2 Å². The third-order valence-corrected chi connectivity index (χ3v) is 11.9. The molecule has 0 bridgehead atoms. The van der Waals surface area contributed by atoms with Crippen molar-refractivity contribution >= 4 is 35.2 Å². The number of carbonyl (C=O) groups excluding carboxylic acids is 5. The molecular formula is C47H73N7O7. The Balaban J connectivity index is 1.80. The smallest absolute Gasteiger partial charge is 0.245 e. The van der Waals surface area contributed by atoms with Crippen molar-refractivity contribution in [2.24, 2.45) is 17.8 Å². The predicted octanol–water partition coefficient (Wildman–Crippen LogP) is 4.18. The largest absolute Gasteiger partial charge is 0.399 e. The second-order valence-corrected chi connectivity index (χ2v) is 17.3. The fraction of sp³-hybridized carbons (Fsp3) is 0.596. The van der Waals surface area contributed by atoms with Crippen LogP contribution in [0.2, 0.25) is 0 Å². The van der Waals surface area contributed by atoms with Gasteiger partial charge < -0.3 is 41.0 Å². The number of nitrogens with zero attached hydrogens (tertiary/aromatic N) is 3. The molecule has 5 N–H and O–H groups in total. The lowest BCUT2D eigenvalue weighted by Gasteiger charge is -2.39. The van der Waals surface area contributed by atoms with E-state index in [4.69, 9.17) is 15.2 Å². The minimum absolute atomic E-state index is 0.0196. The maximum absolute atomic E-state index is 14.3. The first-order valence-electron chi connectivity index (χ1n) is 21.6. The van der Waals surface area contributed by atoms with Crippen LogP contribution in [0.4, 0.5) is 5.69 Å². The standard InChI is InChI=1S/C47H73N7O7/c1-13-31(6)42(53(10)47(59)40(29(2)3)51-46(58)41(30(4)5)52(8)9)38(60-11)27-39(55)54-25-17-20-37(54)43(61-12)32(7)44(56)50-36(26-33-18-15-14-16-19-33)45(57)49-28-34-21-23-35(48)24-22-34/h14-16,18-19,21-24,29-30,32,36-38,40-43H,6,13,17,20,25-28,48H2,1-5,7-12H3,(H,49,57)(H,50,56)(H,51,58)/t32-,36+,37+,38-,40+,41+,42+,43-/m1/s1. The molecule has 0 aliphatic carbocycles. The second kappa shape index (κ2) is 24.0. The van der Waals surface area contributed by atoms with Crippen LogP contribution in [-0.4, -0.2) is 129 Å². The number of nitrogens with two attached hydrogens (primary N) is 1. The quantitative estimate of drug-likeness (QED) is 0.0945. The van der Waals surface area contributed by atoms with Crippen molar-refractivity contribution in [3.05, 3.63) is 77.9 Å². The molecule has 2 aromatic rings. The number of likely N-dealkylation sites (tertiary alicyclic amines) is 1. The molecule has 1 saturated heterocycles. The van der Waals surface area contributed by atoms with E-state index in [2.05, 4.69) is 22.5 Å². The van der Waals surface area contributed by atoms with Gasteiger partial charge in [-0.1, -0.05) is 96.2 Å². The summed E-state index contributed by atoms with van der Waals surface area (Å²) >= 11 is 0. The average Bonchev–Trinajstić information content (AvgIpc) is 3.71. The first kappa shape index (κ1) is 50.6. The van der Waals surface area contributed by atoms with Crippen molar-refractivity contribution in [1.29, 1.82) is 0 Å². The highest BCUT2D eigenvalue weighted by molar-refractivity contribution is 5.91. The molecule has 0 radical (unpaired) electrons. The average molecular weight is 848 g/mol. The summed E-state index contributed by atoms with van der Waals surface area (Å²) in [7, 11) is 8.40. The number of nitrogen functional groups attached to an aromatic ring is 1. The molecule has 0 spiro atoms. The van der Waals surface area contributed by atoms with E-state index in [1.807, 2.05) is 96.1 Å². The van der Waals surface area contributed by atoms with Gasteiger partial charge in [0.1, 0.15) is 12.1 Å². The van der Waals surface area contributed by atoms with E-state index in [9.17, 15) is 24.0 Å². The van der Waals surface area contributed by atoms with Gasteiger partial charge in [-0.15, -0.1) is 0 Å². The first-order chi connectivity index (χ1) is 28.9. The number of methoxy groups -OCH3 is 2. The molecular weight excluding hydrogens is 775 g/mol. The number of likely N-dealkylation sites (N-methyl/N-ethyl adjacent to an activating group) is 2. The van der Waals surface area contributed by atoms with Crippen molar-refractivity contribution in [3.63, 3.8) is 0 Å². The van der Waals surface area contributed by atoms with Gasteiger partial charge in [-0.2, -0.15) is 0 Å². The highest BCUT2D eigenvalue weighted by Crippen LogP contribution is 2.29. The van der Waals surface area contributed by atoms with Gasteiger partial charge in [0, 0.05) is 46.5 Å². The Hall–Kier alpha value is -4.79. The number of nitrogens with one attached hydrogen (secondary N) is 3. The van der Waals surface area contributed by atoms with Gasteiger partial charge in [-0.05, 0) is 68.5 Å². The lowest BCUT2D eigenvalue weighted by atomic mass is 9.92. The summed E-state index contributed by atoms with van der Waals surface area (Å²) in [4.78, 5) is 74.9. The summed E-state index contributed by atoms with van der Waals surface area (Å²) in [6.07, 6.45) is 0.621. The van der Waals surface area contributed by atoms with E-state index in [-0.39, 0.29) is 60.8 Å². The Morgan fingerprint density at radius 2 is 1.48 bits per heavy atom. The van der Waals surface area contributed by atoms with Crippen molar-refractivity contribution in [3.8, 4) is 0 Å². The summed E-state index contributed by atoms with van der Waals surface area (Å²) in [5.74, 6) is -2.38. The van der Waals surface area contributed by atoms with Crippen LogP contribution in [0.5, 0.6) is 0 Å². The van der Waals surface area contributed by atoms with Crippen LogP contribution >= 0.6 is 0 Å². The summed E-state index contributed by atoms with van der Waals surface area (Å²) in [6.45, 7) is 16.4. The van der Waals surface area contributed by atoms with Crippen molar-refractivity contribution in [2.45, 2.75) is 123 Å². The zero-order chi connectivity index (χ0) is 45.6. The number of benzene rings is 2. The van der Waals surface area contributed by atoms with Gasteiger partial charge in [-0.3, -0.25) is 28.9 Å². The molecule has 1 heterocycles. The van der Waals surface area contributed by atoms with E-state index >= 15 is 0 Å². The summed E-state index contributed by atoms with van der Waals surface area (Å²) < 4.78 is 12.0. The van der Waals surface area contributed by atoms with Crippen LogP contribution in [0.25, 0.3) is 0 Å². The van der Waals surface area contributed by atoms with Gasteiger partial charge in [0.25, 0.3) is 0 Å². The van der Waals surface area contributed by atoms with Gasteiger partial charge in [0.2, 0.25) is 29.5 Å². The molecule has 1 fully saturated rings. The maximum Gasteiger partial charge on any atom is 0.245 e. The zero-order valence-electron chi connectivity index (χ0n) is 38.4. The number of carbonyl (C=O) groups is 5. The Kier molecular flexibility index (Phi) is 19.9. The molecule has 0 aromatic heterocycles. The monoisotopic (exact) mass is 848 g/mol. The van der Waals surface area contributed by atoms with E-state index in [1.54, 1.807) is 35.9 Å². The maximum atomic E-state index is 14.3. The van der Waals surface area contributed by atoms with Crippen LogP contribution in [0, 0.1) is 17.8 Å². The third kappa shape index (κ3) is 13.9. The predicted molar refractivity (Wildman–Crippen MR) is 240 cm³/mol. The van der Waals surface area contributed by atoms with Gasteiger partial charge in [-0.25, -0.2) is 0 Å². The van der Waals surface area contributed by atoms with Crippen LogP contribution in [-0.2, 0) is 46.4 Å². The number of amides is 5. The Labute approximate surface area is 364 Å².